The molecule has 4 heterocycles. The summed E-state index contributed by atoms with van der Waals surface area (Å²) in [5.74, 6) is -2.32. The molecule has 1 saturated heterocycles. The number of aromatic nitrogens is 2. The number of carboxylic acid groups (broad SMARTS) is 1. The maximum Gasteiger partial charge on any atom is 0.352 e. The Hall–Kier alpha value is -1.92. The van der Waals surface area contributed by atoms with Crippen LogP contribution < -0.4 is 4.57 Å². The van der Waals surface area contributed by atoms with Crippen LogP contribution in [0.15, 0.2) is 23.2 Å². The number of fused-ring (bicyclic) bond motifs is 2. The molecule has 162 valence electrons. The molecular weight excluding hydrogens is 430 g/mol. The summed E-state index contributed by atoms with van der Waals surface area (Å²) in [6.45, 7) is 3.37. The molecule has 0 bridgehead atoms. The van der Waals surface area contributed by atoms with Crippen molar-refractivity contribution in [1.82, 2.24) is 9.30 Å². The average Bonchev–Trinajstić information content (AvgIpc) is 3.28. The molecule has 0 aliphatic carbocycles. The van der Waals surface area contributed by atoms with E-state index >= 15 is 0 Å². The van der Waals surface area contributed by atoms with E-state index in [0.717, 1.165) is 14.7 Å². The van der Waals surface area contributed by atoms with Gasteiger partial charge in [0.25, 0.3) is 6.33 Å². The molecule has 30 heavy (non-hydrogen) atoms. The summed E-state index contributed by atoms with van der Waals surface area (Å²) in [5, 5.41) is 39.7. The number of hydrogen-bond donors (Lipinski definition) is 4. The van der Waals surface area contributed by atoms with Gasteiger partial charge in [0.15, 0.2) is 0 Å². The standard InChI is InChI=1S/C19H23N3O6S2/c1-8-12(15(19(27)28)22-14(8)13(9(2)24)16(22)26)11-5-21-7-20(4-10(25)6-23)17(29-3)18(21)30-11/h5,7-10,13-14,23-25H,4,6H2,1-3H3/p+1/t8-,9?,10+,13-,14-/m1/s1. The number of nitrogens with zero attached hydrogens (tertiary/aromatic N) is 3. The second-order valence-corrected chi connectivity index (χ2v) is 9.57. The van der Waals surface area contributed by atoms with Gasteiger partial charge in [0.1, 0.15) is 24.5 Å². The minimum absolute atomic E-state index is 0.00631. The maximum atomic E-state index is 12.5. The lowest BCUT2D eigenvalue weighted by molar-refractivity contribution is -0.736. The molecule has 2 aliphatic rings. The molecule has 0 aromatic carbocycles. The number of imidazole rings is 1. The van der Waals surface area contributed by atoms with Gasteiger partial charge in [0.05, 0.1) is 29.5 Å². The number of thiazole rings is 1. The van der Waals surface area contributed by atoms with Crippen LogP contribution in [0.25, 0.3) is 10.4 Å². The number of aliphatic carboxylic acids is 1. The Labute approximate surface area is 180 Å². The van der Waals surface area contributed by atoms with Gasteiger partial charge in [-0.1, -0.05) is 30.0 Å². The van der Waals surface area contributed by atoms with Gasteiger partial charge < -0.3 is 25.3 Å². The van der Waals surface area contributed by atoms with Gasteiger partial charge in [0.2, 0.25) is 15.8 Å². The van der Waals surface area contributed by atoms with Crippen molar-refractivity contribution in [2.45, 2.75) is 43.7 Å². The number of aliphatic hydroxyl groups is 3. The summed E-state index contributed by atoms with van der Waals surface area (Å²) >= 11 is 2.92. The summed E-state index contributed by atoms with van der Waals surface area (Å²) < 4.78 is 3.73. The van der Waals surface area contributed by atoms with E-state index in [-0.39, 0.29) is 36.7 Å². The monoisotopic (exact) mass is 454 g/mol. The average molecular weight is 455 g/mol. The van der Waals surface area contributed by atoms with Crippen LogP contribution in [0, 0.1) is 11.8 Å². The van der Waals surface area contributed by atoms with Crippen molar-refractivity contribution in [2.24, 2.45) is 11.8 Å². The third-order valence-corrected chi connectivity index (χ3v) is 7.94. The Morgan fingerprint density at radius 3 is 2.67 bits per heavy atom. The van der Waals surface area contributed by atoms with Crippen LogP contribution in [0.5, 0.6) is 0 Å². The van der Waals surface area contributed by atoms with E-state index in [9.17, 15) is 24.9 Å². The number of thioether (sulfide) groups is 1. The molecule has 11 heteroatoms. The lowest BCUT2D eigenvalue weighted by Gasteiger charge is -2.46. The van der Waals surface area contributed by atoms with Gasteiger partial charge in [-0.15, -0.1) is 0 Å². The second-order valence-electron chi connectivity index (χ2n) is 7.74. The number of carboxylic acids is 1. The number of rotatable bonds is 7. The highest BCUT2D eigenvalue weighted by Gasteiger charge is 2.60. The zero-order valence-corrected chi connectivity index (χ0v) is 18.4. The Morgan fingerprint density at radius 2 is 2.10 bits per heavy atom. The normalized spacial score (nSPS) is 25.6. The first-order valence-electron chi connectivity index (χ1n) is 9.57. The zero-order chi connectivity index (χ0) is 21.9. The van der Waals surface area contributed by atoms with Gasteiger partial charge in [-0.25, -0.2) is 9.36 Å². The summed E-state index contributed by atoms with van der Waals surface area (Å²) in [4.78, 5) is 27.6. The molecule has 4 rings (SSSR count). The van der Waals surface area contributed by atoms with Crippen LogP contribution in [-0.4, -0.2) is 72.7 Å². The highest BCUT2D eigenvalue weighted by molar-refractivity contribution is 7.98. The van der Waals surface area contributed by atoms with Crippen LogP contribution >= 0.6 is 23.1 Å². The molecule has 0 radical (unpaired) electrons. The van der Waals surface area contributed by atoms with Gasteiger partial charge >= 0.3 is 5.97 Å². The van der Waals surface area contributed by atoms with Crippen LogP contribution in [0.2, 0.25) is 0 Å². The molecule has 2 aliphatic heterocycles. The van der Waals surface area contributed by atoms with E-state index in [1.807, 2.05) is 28.3 Å². The van der Waals surface area contributed by atoms with Gasteiger partial charge in [-0.3, -0.25) is 4.79 Å². The molecule has 1 amide bonds. The van der Waals surface area contributed by atoms with Gasteiger partial charge in [0, 0.05) is 11.5 Å². The number of hydrogen-bond acceptors (Lipinski definition) is 7. The van der Waals surface area contributed by atoms with E-state index in [4.69, 9.17) is 5.11 Å². The molecule has 9 nitrogen and oxygen atoms in total. The number of β-lactam (4-membered cyclic amide) rings is 1. The summed E-state index contributed by atoms with van der Waals surface area (Å²) in [7, 11) is 0. The Balaban J connectivity index is 1.79. The fraction of sp³-hybridized carbons (Fsp3) is 0.526. The van der Waals surface area contributed by atoms with Crippen molar-refractivity contribution in [1.29, 1.82) is 0 Å². The van der Waals surface area contributed by atoms with E-state index < -0.39 is 24.1 Å². The minimum Gasteiger partial charge on any atom is -0.477 e. The first-order valence-corrected chi connectivity index (χ1v) is 11.6. The maximum absolute atomic E-state index is 12.5. The van der Waals surface area contributed by atoms with E-state index in [0.29, 0.717) is 5.57 Å². The predicted octanol–water partition coefficient (Wildman–Crippen LogP) is 0.0166. The molecule has 1 fully saturated rings. The molecule has 1 unspecified atom stereocenters. The zero-order valence-electron chi connectivity index (χ0n) is 16.7. The van der Waals surface area contributed by atoms with E-state index in [1.165, 1.54) is 28.0 Å². The predicted molar refractivity (Wildman–Crippen MR) is 110 cm³/mol. The molecule has 4 N–H and O–H groups in total. The first kappa shape index (κ1) is 21.3. The Morgan fingerprint density at radius 1 is 1.40 bits per heavy atom. The number of amides is 1. The highest BCUT2D eigenvalue weighted by Crippen LogP contribution is 2.51. The second kappa shape index (κ2) is 7.65. The number of aliphatic hydroxyl groups excluding tert-OH is 3. The Kier molecular flexibility index (Phi) is 5.43. The van der Waals surface area contributed by atoms with Crippen molar-refractivity contribution in [3.05, 3.63) is 23.1 Å². The Bertz CT molecular complexity index is 1060. The summed E-state index contributed by atoms with van der Waals surface area (Å²) in [5.41, 5.74) is 0.597. The van der Waals surface area contributed by atoms with Crippen molar-refractivity contribution in [2.75, 3.05) is 12.9 Å². The quantitative estimate of drug-likeness (QED) is 0.264. The third kappa shape index (κ3) is 2.99. The van der Waals surface area contributed by atoms with Crippen molar-refractivity contribution >= 4 is 45.4 Å². The molecular formula is C19H24N3O6S2+. The van der Waals surface area contributed by atoms with Gasteiger partial charge in [-0.05, 0) is 13.2 Å². The molecule has 0 saturated carbocycles. The lowest BCUT2D eigenvalue weighted by Crippen LogP contribution is -2.63. The number of carbonyl (C=O) groups excluding carboxylic acids is 1. The fourth-order valence-electron chi connectivity index (χ4n) is 4.57. The van der Waals surface area contributed by atoms with Crippen LogP contribution in [0.1, 0.15) is 18.7 Å². The summed E-state index contributed by atoms with van der Waals surface area (Å²) in [6.07, 6.45) is 3.84. The third-order valence-electron chi connectivity index (χ3n) is 5.86. The molecule has 2 aromatic heterocycles. The molecule has 0 spiro atoms. The van der Waals surface area contributed by atoms with Crippen LogP contribution in [0.4, 0.5) is 0 Å². The first-order chi connectivity index (χ1) is 14.2. The lowest BCUT2D eigenvalue weighted by atomic mass is 9.77. The summed E-state index contributed by atoms with van der Waals surface area (Å²) in [6, 6.07) is -0.357. The van der Waals surface area contributed by atoms with E-state index in [2.05, 4.69) is 0 Å². The smallest absolute Gasteiger partial charge is 0.352 e. The van der Waals surface area contributed by atoms with Crippen LogP contribution in [-0.2, 0) is 16.1 Å². The van der Waals surface area contributed by atoms with Gasteiger partial charge in [-0.2, -0.15) is 4.40 Å². The van der Waals surface area contributed by atoms with E-state index in [1.54, 1.807) is 13.3 Å². The topological polar surface area (TPSA) is 127 Å². The fourth-order valence-corrected chi connectivity index (χ4v) is 6.76. The van der Waals surface area contributed by atoms with Crippen molar-refractivity contribution < 1.29 is 34.6 Å². The number of carbonyl (C=O) groups is 2. The molecule has 5 atom stereocenters. The largest absolute Gasteiger partial charge is 0.477 e. The molecule has 2 aromatic rings. The van der Waals surface area contributed by atoms with Crippen molar-refractivity contribution in [3.8, 4) is 0 Å². The minimum atomic E-state index is -1.15. The highest BCUT2D eigenvalue weighted by atomic mass is 32.2. The van der Waals surface area contributed by atoms with Crippen LogP contribution in [0.3, 0.4) is 0 Å². The SMILES string of the molecule is CSc1c2sc(C3=C(C(=O)O)N4C(=O)[C@H](C(C)O)[C@H]4[C@@H]3C)cn2c[n+]1C[C@H](O)CO. The van der Waals surface area contributed by atoms with Crippen molar-refractivity contribution in [3.63, 3.8) is 0 Å².